The van der Waals surface area contributed by atoms with Crippen LogP contribution in [0.25, 0.3) is 0 Å². The zero-order valence-electron chi connectivity index (χ0n) is 6.05. The van der Waals surface area contributed by atoms with Gasteiger partial charge in [0.05, 0.1) is 0 Å². The Balaban J connectivity index is -0.0000000771. The van der Waals surface area contributed by atoms with Crippen LogP contribution in [0.15, 0.2) is 0 Å². The van der Waals surface area contributed by atoms with Gasteiger partial charge in [0.15, 0.2) is 9.76 Å². The molecule has 0 saturated carbocycles. The Labute approximate surface area is 58.3 Å². The van der Waals surface area contributed by atoms with Gasteiger partial charge in [0, 0.05) is 7.11 Å². The van der Waals surface area contributed by atoms with Crippen molar-refractivity contribution in [2.75, 3.05) is 7.11 Å². The number of hydrogen-bond acceptors (Lipinski definition) is 3. The molecule has 0 rings (SSSR count). The number of hydrogen-bond donors (Lipinski definition) is 0. The second-order valence-corrected chi connectivity index (χ2v) is 2.98. The Morgan fingerprint density at radius 2 is 1.67 bits per heavy atom. The first-order chi connectivity index (χ1) is 4.41. The highest BCUT2D eigenvalue weighted by atomic mass is 28.2. The molecule has 0 fully saturated rings. The summed E-state index contributed by atoms with van der Waals surface area (Å²) in [7, 11) is 1.71. The monoisotopic (exact) mass is 150 g/mol. The zero-order chi connectivity index (χ0) is 8.12. The normalized spacial score (nSPS) is 6.89. The summed E-state index contributed by atoms with van der Waals surface area (Å²) in [5, 5.41) is 0. The van der Waals surface area contributed by atoms with E-state index in [-0.39, 0.29) is 9.76 Å². The molecular weight excluding hydrogens is 136 g/mol. The SMILES string of the molecule is C=O.C=O.CC[SiH2]OC. The van der Waals surface area contributed by atoms with Crippen molar-refractivity contribution in [2.24, 2.45) is 0 Å². The molecule has 3 nitrogen and oxygen atoms in total. The molecule has 0 atom stereocenters. The summed E-state index contributed by atoms with van der Waals surface area (Å²) in [6, 6.07) is 1.26. The van der Waals surface area contributed by atoms with Crippen LogP contribution in [0, 0.1) is 0 Å². The first-order valence-corrected chi connectivity index (χ1v) is 4.06. The number of rotatable bonds is 2. The molecule has 0 unspecified atom stereocenters. The van der Waals surface area contributed by atoms with Gasteiger partial charge < -0.3 is 14.0 Å². The molecule has 4 heteroatoms. The van der Waals surface area contributed by atoms with E-state index in [0.717, 1.165) is 0 Å². The zero-order valence-corrected chi connectivity index (χ0v) is 7.47. The Morgan fingerprint density at radius 3 is 1.67 bits per heavy atom. The maximum Gasteiger partial charge on any atom is 0.160 e. The van der Waals surface area contributed by atoms with Gasteiger partial charge in [-0.25, -0.2) is 0 Å². The summed E-state index contributed by atoms with van der Waals surface area (Å²) in [4.78, 5) is 16.0. The third-order valence-corrected chi connectivity index (χ3v) is 1.22. The van der Waals surface area contributed by atoms with E-state index in [1.807, 2.05) is 13.6 Å². The predicted molar refractivity (Wildman–Crippen MR) is 40.3 cm³/mol. The summed E-state index contributed by atoms with van der Waals surface area (Å²) < 4.78 is 4.83. The van der Waals surface area contributed by atoms with Crippen LogP contribution in [0.3, 0.4) is 0 Å². The second-order valence-electron chi connectivity index (χ2n) is 0.993. The molecule has 0 heterocycles. The highest BCUT2D eigenvalue weighted by Crippen LogP contribution is 1.68. The molecular formula is C5H14O3Si. The molecule has 0 N–H and O–H groups in total. The largest absolute Gasteiger partial charge is 0.427 e. The van der Waals surface area contributed by atoms with Crippen LogP contribution in [-0.2, 0) is 14.0 Å². The third-order valence-electron chi connectivity index (χ3n) is 0.408. The quantitative estimate of drug-likeness (QED) is 0.511. The first-order valence-electron chi connectivity index (χ1n) is 2.48. The molecule has 0 aliphatic heterocycles. The second kappa shape index (κ2) is 50.4. The lowest BCUT2D eigenvalue weighted by Crippen LogP contribution is -1.86. The molecule has 0 bridgehead atoms. The average molecular weight is 150 g/mol. The van der Waals surface area contributed by atoms with Crippen molar-refractivity contribution in [2.45, 2.75) is 13.0 Å². The van der Waals surface area contributed by atoms with Crippen molar-refractivity contribution in [3.05, 3.63) is 0 Å². The maximum absolute atomic E-state index is 8.00. The van der Waals surface area contributed by atoms with Gasteiger partial charge in [0.1, 0.15) is 13.6 Å². The molecule has 0 aromatic heterocycles. The van der Waals surface area contributed by atoms with Crippen LogP contribution < -0.4 is 0 Å². The van der Waals surface area contributed by atoms with Crippen molar-refractivity contribution in [3.63, 3.8) is 0 Å². The predicted octanol–water partition coefficient (Wildman–Crippen LogP) is -0.215. The average Bonchev–Trinajstić information content (AvgIpc) is 1.98. The Bertz CT molecular complexity index is 31.4. The van der Waals surface area contributed by atoms with Crippen LogP contribution in [0.2, 0.25) is 6.04 Å². The molecule has 0 aromatic carbocycles. The minimum Gasteiger partial charge on any atom is -0.427 e. The molecule has 0 spiro atoms. The number of carbonyl (C=O) groups is 2. The summed E-state index contributed by atoms with van der Waals surface area (Å²) in [6.07, 6.45) is 0. The fourth-order valence-corrected chi connectivity index (χ4v) is 0.612. The molecule has 0 aliphatic carbocycles. The standard InChI is InChI=1S/C3H10OSi.2CH2O/c1-3-5-4-2;2*1-2/h3,5H2,1-2H3;2*1H2. The molecule has 56 valence electrons. The summed E-state index contributed by atoms with van der Waals surface area (Å²) in [6.45, 7) is 6.15. The van der Waals surface area contributed by atoms with Gasteiger partial charge in [-0.1, -0.05) is 6.92 Å². The van der Waals surface area contributed by atoms with Crippen molar-refractivity contribution in [1.29, 1.82) is 0 Å². The van der Waals surface area contributed by atoms with Crippen molar-refractivity contribution >= 4 is 23.3 Å². The summed E-state index contributed by atoms with van der Waals surface area (Å²) >= 11 is 0. The van der Waals surface area contributed by atoms with E-state index in [2.05, 4.69) is 6.92 Å². The molecule has 0 amide bonds. The van der Waals surface area contributed by atoms with Gasteiger partial charge in [-0.3, -0.25) is 0 Å². The Morgan fingerprint density at radius 1 is 1.33 bits per heavy atom. The maximum atomic E-state index is 8.00. The third kappa shape index (κ3) is 99.4. The van der Waals surface area contributed by atoms with Crippen LogP contribution >= 0.6 is 0 Å². The number of carbonyl (C=O) groups excluding carboxylic acids is 2. The molecule has 0 aliphatic rings. The van der Waals surface area contributed by atoms with Crippen LogP contribution in [0.5, 0.6) is 0 Å². The minimum atomic E-state index is -0.0679. The van der Waals surface area contributed by atoms with E-state index in [1.54, 1.807) is 7.11 Å². The summed E-state index contributed by atoms with van der Waals surface area (Å²) in [5.74, 6) is 0. The van der Waals surface area contributed by atoms with Crippen molar-refractivity contribution in [3.8, 4) is 0 Å². The van der Waals surface area contributed by atoms with Gasteiger partial charge in [0.25, 0.3) is 0 Å². The minimum absolute atomic E-state index is 0.0679. The van der Waals surface area contributed by atoms with Crippen LogP contribution in [-0.4, -0.2) is 30.5 Å². The molecule has 0 saturated heterocycles. The van der Waals surface area contributed by atoms with E-state index in [1.165, 1.54) is 6.04 Å². The van der Waals surface area contributed by atoms with E-state index >= 15 is 0 Å². The fourth-order valence-electron chi connectivity index (χ4n) is 0.204. The van der Waals surface area contributed by atoms with Gasteiger partial charge in [0.2, 0.25) is 0 Å². The van der Waals surface area contributed by atoms with Gasteiger partial charge in [-0.15, -0.1) is 0 Å². The highest BCUT2D eigenvalue weighted by Gasteiger charge is 1.69. The lowest BCUT2D eigenvalue weighted by atomic mass is 11.0. The smallest absolute Gasteiger partial charge is 0.160 e. The molecule has 0 aromatic rings. The Kier molecular flexibility index (Phi) is 88.5. The van der Waals surface area contributed by atoms with Crippen molar-refractivity contribution < 1.29 is 14.0 Å². The van der Waals surface area contributed by atoms with E-state index in [9.17, 15) is 0 Å². The van der Waals surface area contributed by atoms with Crippen LogP contribution in [0.4, 0.5) is 0 Å². The highest BCUT2D eigenvalue weighted by molar-refractivity contribution is 6.26. The van der Waals surface area contributed by atoms with E-state index in [4.69, 9.17) is 14.0 Å². The van der Waals surface area contributed by atoms with Gasteiger partial charge in [-0.05, 0) is 6.04 Å². The first kappa shape index (κ1) is 15.8. The van der Waals surface area contributed by atoms with Crippen LogP contribution in [0.1, 0.15) is 6.92 Å². The van der Waals surface area contributed by atoms with E-state index < -0.39 is 0 Å². The van der Waals surface area contributed by atoms with Crippen molar-refractivity contribution in [1.82, 2.24) is 0 Å². The van der Waals surface area contributed by atoms with Gasteiger partial charge in [-0.2, -0.15) is 0 Å². The van der Waals surface area contributed by atoms with E-state index in [0.29, 0.717) is 0 Å². The lowest BCUT2D eigenvalue weighted by Gasteiger charge is -1.83. The topological polar surface area (TPSA) is 43.4 Å². The summed E-state index contributed by atoms with van der Waals surface area (Å²) in [5.41, 5.74) is 0. The van der Waals surface area contributed by atoms with Gasteiger partial charge >= 0.3 is 0 Å². The molecule has 0 radical (unpaired) electrons. The Hall–Kier alpha value is -0.483. The lowest BCUT2D eigenvalue weighted by molar-refractivity contribution is -0.0987. The fraction of sp³-hybridized carbons (Fsp3) is 0.600. The molecule has 9 heavy (non-hydrogen) atoms.